The van der Waals surface area contributed by atoms with Gasteiger partial charge in [-0.2, -0.15) is 0 Å². The maximum absolute atomic E-state index is 9.06. The molecule has 0 saturated carbocycles. The number of nitrogens with one attached hydrogen (secondary N) is 1. The molecule has 5 heteroatoms. The van der Waals surface area contributed by atoms with Gasteiger partial charge in [0.15, 0.2) is 5.75 Å². The fourth-order valence-corrected chi connectivity index (χ4v) is 2.20. The number of methoxy groups -OCH3 is 1. The summed E-state index contributed by atoms with van der Waals surface area (Å²) < 4.78 is 5.07. The first kappa shape index (κ1) is 14.6. The molecule has 1 aromatic carbocycles. The molecule has 0 unspecified atom stereocenters. The van der Waals surface area contributed by atoms with Gasteiger partial charge in [0.1, 0.15) is 0 Å². The highest BCUT2D eigenvalue weighted by atomic mass is 35.5. The smallest absolute Gasteiger partial charge is 0.156 e. The average molecular weight is 278 g/mol. The van der Waals surface area contributed by atoms with E-state index in [0.29, 0.717) is 22.3 Å². The van der Waals surface area contributed by atoms with Crippen molar-refractivity contribution < 1.29 is 9.84 Å². The second-order valence-corrected chi connectivity index (χ2v) is 4.58. The summed E-state index contributed by atoms with van der Waals surface area (Å²) in [5, 5.41) is 13.3. The van der Waals surface area contributed by atoms with Crippen molar-refractivity contribution in [3.05, 3.63) is 27.7 Å². The van der Waals surface area contributed by atoms with Crippen molar-refractivity contribution in [1.82, 2.24) is 5.32 Å². The van der Waals surface area contributed by atoms with Crippen molar-refractivity contribution in [3.63, 3.8) is 0 Å². The highest BCUT2D eigenvalue weighted by Crippen LogP contribution is 2.33. The summed E-state index contributed by atoms with van der Waals surface area (Å²) in [6.45, 7) is 2.75. The molecule has 0 aliphatic carbocycles. The maximum Gasteiger partial charge on any atom is 0.156 e. The second kappa shape index (κ2) is 7.07. The van der Waals surface area contributed by atoms with Crippen LogP contribution in [0.25, 0.3) is 0 Å². The Kier molecular flexibility index (Phi) is 6.06. The molecule has 2 N–H and O–H groups in total. The molecule has 0 bridgehead atoms. The van der Waals surface area contributed by atoms with E-state index in [-0.39, 0.29) is 12.6 Å². The van der Waals surface area contributed by atoms with Crippen LogP contribution in [0.2, 0.25) is 10.0 Å². The molecule has 1 atom stereocenters. The Balaban J connectivity index is 2.73. The minimum atomic E-state index is 0.0923. The van der Waals surface area contributed by atoms with Crippen LogP contribution in [0.3, 0.4) is 0 Å². The van der Waals surface area contributed by atoms with Crippen LogP contribution in [0, 0.1) is 0 Å². The van der Waals surface area contributed by atoms with Crippen LogP contribution >= 0.6 is 23.2 Å². The second-order valence-electron chi connectivity index (χ2n) is 3.76. The predicted octanol–water partition coefficient (Wildman–Crippen LogP) is 2.86. The Morgan fingerprint density at radius 1 is 1.35 bits per heavy atom. The van der Waals surface area contributed by atoms with Gasteiger partial charge in [0, 0.05) is 12.6 Å². The van der Waals surface area contributed by atoms with Crippen molar-refractivity contribution in [3.8, 4) is 5.75 Å². The van der Waals surface area contributed by atoms with Crippen LogP contribution in [0.5, 0.6) is 5.75 Å². The molecule has 96 valence electrons. The highest BCUT2D eigenvalue weighted by Gasteiger charge is 2.09. The zero-order valence-electron chi connectivity index (χ0n) is 9.96. The molecule has 0 saturated heterocycles. The molecular weight excluding hydrogens is 261 g/mol. The van der Waals surface area contributed by atoms with E-state index in [0.717, 1.165) is 12.0 Å². The molecule has 1 aromatic rings. The van der Waals surface area contributed by atoms with Crippen molar-refractivity contribution in [2.75, 3.05) is 13.7 Å². The molecule has 0 aliphatic heterocycles. The Morgan fingerprint density at radius 3 is 2.35 bits per heavy atom. The van der Waals surface area contributed by atoms with Gasteiger partial charge in [0.25, 0.3) is 0 Å². The van der Waals surface area contributed by atoms with Gasteiger partial charge in [0.05, 0.1) is 23.8 Å². The first-order chi connectivity index (χ1) is 8.12. The van der Waals surface area contributed by atoms with Crippen molar-refractivity contribution >= 4 is 23.2 Å². The fourth-order valence-electron chi connectivity index (χ4n) is 1.51. The normalized spacial score (nSPS) is 12.5. The largest absolute Gasteiger partial charge is 0.494 e. The van der Waals surface area contributed by atoms with E-state index < -0.39 is 0 Å². The lowest BCUT2D eigenvalue weighted by Crippen LogP contribution is -2.31. The molecular formula is C12H17Cl2NO2. The summed E-state index contributed by atoms with van der Waals surface area (Å²) in [6, 6.07) is 3.71. The topological polar surface area (TPSA) is 41.5 Å². The summed E-state index contributed by atoms with van der Waals surface area (Å²) in [5.41, 5.74) is 0.965. The van der Waals surface area contributed by atoms with Crippen LogP contribution in [0.1, 0.15) is 18.9 Å². The minimum Gasteiger partial charge on any atom is -0.494 e. The van der Waals surface area contributed by atoms with Gasteiger partial charge in [-0.3, -0.25) is 0 Å². The monoisotopic (exact) mass is 277 g/mol. The lowest BCUT2D eigenvalue weighted by molar-refractivity contribution is 0.238. The third kappa shape index (κ3) is 4.03. The van der Waals surface area contributed by atoms with E-state index in [1.165, 1.54) is 7.11 Å². The Morgan fingerprint density at radius 2 is 1.94 bits per heavy atom. The molecule has 1 rings (SSSR count). The maximum atomic E-state index is 9.06. The van der Waals surface area contributed by atoms with Gasteiger partial charge in [-0.1, -0.05) is 30.1 Å². The SMILES string of the molecule is CC[C@H](CO)NCc1cc(Cl)c(OC)c(Cl)c1. The molecule has 0 heterocycles. The van der Waals surface area contributed by atoms with Crippen LogP contribution in [0.4, 0.5) is 0 Å². The van der Waals surface area contributed by atoms with Gasteiger partial charge >= 0.3 is 0 Å². The number of hydrogen-bond donors (Lipinski definition) is 2. The molecule has 0 aromatic heterocycles. The average Bonchev–Trinajstić information content (AvgIpc) is 2.30. The van der Waals surface area contributed by atoms with E-state index in [2.05, 4.69) is 5.32 Å². The van der Waals surface area contributed by atoms with Crippen LogP contribution in [-0.4, -0.2) is 24.9 Å². The lowest BCUT2D eigenvalue weighted by Gasteiger charge is -2.15. The van der Waals surface area contributed by atoms with Gasteiger partial charge in [-0.15, -0.1) is 0 Å². The zero-order chi connectivity index (χ0) is 12.8. The summed E-state index contributed by atoms with van der Waals surface area (Å²) in [5.74, 6) is 0.492. The quantitative estimate of drug-likeness (QED) is 0.840. The number of rotatable bonds is 6. The molecule has 0 aliphatic rings. The molecule has 3 nitrogen and oxygen atoms in total. The van der Waals surface area contributed by atoms with E-state index in [4.69, 9.17) is 33.0 Å². The first-order valence-electron chi connectivity index (χ1n) is 5.48. The van der Waals surface area contributed by atoms with Crippen LogP contribution in [0.15, 0.2) is 12.1 Å². The summed E-state index contributed by atoms with van der Waals surface area (Å²) in [4.78, 5) is 0. The molecule has 0 spiro atoms. The molecule has 0 fully saturated rings. The number of aliphatic hydroxyl groups excluding tert-OH is 1. The molecule has 0 amide bonds. The number of aliphatic hydroxyl groups is 1. The first-order valence-corrected chi connectivity index (χ1v) is 6.24. The van der Waals surface area contributed by atoms with E-state index in [9.17, 15) is 0 Å². The third-order valence-corrected chi connectivity index (χ3v) is 3.13. The van der Waals surface area contributed by atoms with E-state index in [1.54, 1.807) is 0 Å². The van der Waals surface area contributed by atoms with Crippen molar-refractivity contribution in [1.29, 1.82) is 0 Å². The molecule has 17 heavy (non-hydrogen) atoms. The van der Waals surface area contributed by atoms with Gasteiger partial charge < -0.3 is 15.2 Å². The number of ether oxygens (including phenoxy) is 1. The summed E-state index contributed by atoms with van der Waals surface area (Å²) >= 11 is 12.1. The number of halogens is 2. The highest BCUT2D eigenvalue weighted by molar-refractivity contribution is 6.37. The lowest BCUT2D eigenvalue weighted by atomic mass is 10.2. The predicted molar refractivity (Wildman–Crippen MR) is 71.0 cm³/mol. The minimum absolute atomic E-state index is 0.0923. The van der Waals surface area contributed by atoms with Gasteiger partial charge in [-0.05, 0) is 24.1 Å². The summed E-state index contributed by atoms with van der Waals surface area (Å²) in [6.07, 6.45) is 0.869. The zero-order valence-corrected chi connectivity index (χ0v) is 11.5. The van der Waals surface area contributed by atoms with E-state index >= 15 is 0 Å². The van der Waals surface area contributed by atoms with Crippen molar-refractivity contribution in [2.24, 2.45) is 0 Å². The Hall–Kier alpha value is -0.480. The third-order valence-electron chi connectivity index (χ3n) is 2.57. The summed E-state index contributed by atoms with van der Waals surface area (Å²) in [7, 11) is 1.53. The Bertz CT molecular complexity index is 345. The fraction of sp³-hybridized carbons (Fsp3) is 0.500. The standard InChI is InChI=1S/C12H17Cl2NO2/c1-3-9(7-16)15-6-8-4-10(13)12(17-2)11(14)5-8/h4-5,9,15-16H,3,6-7H2,1-2H3/t9-/m1/s1. The van der Waals surface area contributed by atoms with Crippen molar-refractivity contribution in [2.45, 2.75) is 25.9 Å². The number of hydrogen-bond acceptors (Lipinski definition) is 3. The Labute approximate surface area is 112 Å². The van der Waals surface area contributed by atoms with E-state index in [1.807, 2.05) is 19.1 Å². The number of benzene rings is 1. The molecule has 0 radical (unpaired) electrons. The van der Waals surface area contributed by atoms with Gasteiger partial charge in [-0.25, -0.2) is 0 Å². The van der Waals surface area contributed by atoms with Crippen LogP contribution < -0.4 is 10.1 Å². The van der Waals surface area contributed by atoms with Gasteiger partial charge in [0.2, 0.25) is 0 Å². The van der Waals surface area contributed by atoms with Crippen LogP contribution in [-0.2, 0) is 6.54 Å².